The molecule has 9 nitrogen and oxygen atoms in total. The molecule has 1 amide bonds. The van der Waals surface area contributed by atoms with Gasteiger partial charge in [0.2, 0.25) is 0 Å². The monoisotopic (exact) mass is 445 g/mol. The molecule has 3 N–H and O–H groups in total. The van der Waals surface area contributed by atoms with E-state index < -0.39 is 0 Å². The molecule has 4 heterocycles. The van der Waals surface area contributed by atoms with Crippen molar-refractivity contribution in [1.29, 1.82) is 5.26 Å². The normalized spacial score (nSPS) is 13.5. The number of benzene rings is 1. The number of nitriles is 1. The summed E-state index contributed by atoms with van der Waals surface area (Å²) in [5.74, 6) is 0.152. The summed E-state index contributed by atoms with van der Waals surface area (Å²) in [6, 6.07) is 14.9. The third kappa shape index (κ3) is 3.88. The van der Waals surface area contributed by atoms with Gasteiger partial charge in [0.25, 0.3) is 11.5 Å². The Morgan fingerprint density at radius 3 is 2.48 bits per heavy atom. The molecule has 5 rings (SSSR count). The van der Waals surface area contributed by atoms with Gasteiger partial charge in [0.05, 0.1) is 36.5 Å². The van der Waals surface area contributed by atoms with Crippen LogP contribution < -0.4 is 16.6 Å². The van der Waals surface area contributed by atoms with E-state index in [0.29, 0.717) is 44.2 Å². The summed E-state index contributed by atoms with van der Waals surface area (Å²) in [5.41, 5.74) is 2.00. The van der Waals surface area contributed by atoms with Crippen LogP contribution in [0.3, 0.4) is 0 Å². The summed E-state index contributed by atoms with van der Waals surface area (Å²) in [5, 5.41) is 10.8. The first-order valence-electron chi connectivity index (χ1n) is 10.3. The van der Waals surface area contributed by atoms with Crippen LogP contribution in [-0.4, -0.2) is 41.6 Å². The first kappa shape index (κ1) is 21.9. The highest BCUT2D eigenvalue weighted by atomic mass is 16.3. The number of fused-ring (bicyclic) bond motifs is 1. The predicted molar refractivity (Wildman–Crippen MR) is 123 cm³/mol. The molecule has 0 saturated carbocycles. The highest BCUT2D eigenvalue weighted by Crippen LogP contribution is 2.30. The smallest absolute Gasteiger partial charge is 0.289 e. The van der Waals surface area contributed by atoms with E-state index in [4.69, 9.17) is 8.83 Å². The maximum Gasteiger partial charge on any atom is 0.289 e. The Hall–Kier alpha value is -4.29. The molecule has 4 aromatic rings. The maximum atomic E-state index is 13.3. The van der Waals surface area contributed by atoms with E-state index in [1.807, 2.05) is 29.2 Å². The topological polar surface area (TPSA) is 131 Å². The first-order chi connectivity index (χ1) is 15.7. The van der Waals surface area contributed by atoms with Crippen molar-refractivity contribution >= 4 is 22.5 Å². The summed E-state index contributed by atoms with van der Waals surface area (Å²) in [4.78, 5) is 29.7. The van der Waals surface area contributed by atoms with Gasteiger partial charge in [-0.05, 0) is 24.3 Å². The lowest BCUT2D eigenvalue weighted by atomic mass is 10.1. The van der Waals surface area contributed by atoms with Gasteiger partial charge in [-0.2, -0.15) is 5.26 Å². The van der Waals surface area contributed by atoms with Crippen molar-refractivity contribution in [2.75, 3.05) is 31.1 Å². The quantitative estimate of drug-likeness (QED) is 0.510. The summed E-state index contributed by atoms with van der Waals surface area (Å²) in [7, 11) is 0. The van der Waals surface area contributed by atoms with Crippen molar-refractivity contribution in [2.45, 2.75) is 6.54 Å². The number of carbonyl (C=O) groups excluding carboxylic acids is 1. The molecule has 0 spiro atoms. The minimum absolute atomic E-state index is 0. The van der Waals surface area contributed by atoms with Gasteiger partial charge in [0.15, 0.2) is 5.76 Å². The van der Waals surface area contributed by atoms with Gasteiger partial charge >= 0.3 is 0 Å². The predicted octanol–water partition coefficient (Wildman–Crippen LogP) is 3.23. The van der Waals surface area contributed by atoms with Crippen molar-refractivity contribution in [3.05, 3.63) is 88.5 Å². The Kier molecular flexibility index (Phi) is 6.02. The van der Waals surface area contributed by atoms with E-state index in [0.717, 1.165) is 16.5 Å². The lowest BCUT2D eigenvalue weighted by Crippen LogP contribution is -2.49. The molecular formula is C24H23N5O4. The number of carbonyl (C=O) groups is 1. The Balaban J connectivity index is 0.00000259. The fourth-order valence-electron chi connectivity index (χ4n) is 4.23. The van der Waals surface area contributed by atoms with Crippen LogP contribution in [0.4, 0.5) is 5.69 Å². The molecule has 1 fully saturated rings. The number of para-hydroxylation sites is 1. The zero-order chi connectivity index (χ0) is 22.1. The van der Waals surface area contributed by atoms with Gasteiger partial charge in [0, 0.05) is 37.1 Å². The molecule has 9 heteroatoms. The van der Waals surface area contributed by atoms with E-state index >= 15 is 0 Å². The zero-order valence-corrected chi connectivity index (χ0v) is 17.9. The van der Waals surface area contributed by atoms with E-state index in [2.05, 4.69) is 6.07 Å². The lowest BCUT2D eigenvalue weighted by Gasteiger charge is -2.36. The Bertz CT molecular complexity index is 1360. The largest absolute Gasteiger partial charge is 0.472 e. The minimum Gasteiger partial charge on any atom is -0.472 e. The average molecular weight is 445 g/mol. The molecule has 168 valence electrons. The number of furan rings is 2. The molecule has 1 aromatic carbocycles. The van der Waals surface area contributed by atoms with Crippen LogP contribution in [0, 0.1) is 11.3 Å². The van der Waals surface area contributed by atoms with E-state index in [-0.39, 0.29) is 23.2 Å². The summed E-state index contributed by atoms with van der Waals surface area (Å²) < 4.78 is 12.0. The maximum absolute atomic E-state index is 13.3. The van der Waals surface area contributed by atoms with E-state index in [9.17, 15) is 14.9 Å². The average Bonchev–Trinajstić information content (AvgIpc) is 3.55. The molecule has 1 saturated heterocycles. The number of aromatic nitrogens is 1. The number of rotatable bonds is 4. The SMILES string of the molecule is N.N#Cc1c(N2CCN(C(=O)c3ccco3)CC2)c2ccccc2n(Cc2ccoc2)c1=O. The molecular weight excluding hydrogens is 422 g/mol. The molecule has 33 heavy (non-hydrogen) atoms. The van der Waals surface area contributed by atoms with Crippen molar-refractivity contribution < 1.29 is 13.6 Å². The zero-order valence-electron chi connectivity index (χ0n) is 17.9. The third-order valence-electron chi connectivity index (χ3n) is 5.79. The fraction of sp³-hybridized carbons (Fsp3) is 0.208. The van der Waals surface area contributed by atoms with Crippen LogP contribution in [0.2, 0.25) is 0 Å². The Labute approximate surface area is 189 Å². The van der Waals surface area contributed by atoms with E-state index in [1.54, 1.807) is 40.2 Å². The van der Waals surface area contributed by atoms with Crippen molar-refractivity contribution in [3.63, 3.8) is 0 Å². The minimum atomic E-state index is -0.337. The van der Waals surface area contributed by atoms with E-state index in [1.165, 1.54) is 6.26 Å². The van der Waals surface area contributed by atoms with Gasteiger partial charge < -0.3 is 29.4 Å². The molecule has 0 atom stereocenters. The second-order valence-corrected chi connectivity index (χ2v) is 7.63. The highest BCUT2D eigenvalue weighted by molar-refractivity contribution is 5.95. The second kappa shape index (κ2) is 9.06. The van der Waals surface area contributed by atoms with Crippen LogP contribution in [0.5, 0.6) is 0 Å². The molecule has 1 aliphatic rings. The van der Waals surface area contributed by atoms with Gasteiger partial charge in [-0.3, -0.25) is 9.59 Å². The molecule has 0 unspecified atom stereocenters. The highest BCUT2D eigenvalue weighted by Gasteiger charge is 2.27. The number of piperazine rings is 1. The van der Waals surface area contributed by atoms with Crippen LogP contribution in [0.25, 0.3) is 10.9 Å². The lowest BCUT2D eigenvalue weighted by molar-refractivity contribution is 0.0715. The summed E-state index contributed by atoms with van der Waals surface area (Å²) in [6.45, 7) is 2.27. The standard InChI is InChI=1S/C24H20N4O4.H3N/c25-14-19-22(26-8-10-27(11-9-26)24(30)21-6-3-12-32-21)18-4-1-2-5-20(18)28(23(19)29)15-17-7-13-31-16-17;/h1-7,12-13,16H,8-11,15H2;1H3. The van der Waals surface area contributed by atoms with Gasteiger partial charge in [-0.1, -0.05) is 18.2 Å². The molecule has 1 aliphatic heterocycles. The van der Waals surface area contributed by atoms with Crippen LogP contribution in [-0.2, 0) is 6.54 Å². The Morgan fingerprint density at radius 2 is 1.82 bits per heavy atom. The number of pyridine rings is 1. The van der Waals surface area contributed by atoms with Crippen LogP contribution in [0.15, 0.2) is 74.9 Å². The number of hydrogen-bond donors (Lipinski definition) is 1. The van der Waals surface area contributed by atoms with Crippen LogP contribution >= 0.6 is 0 Å². The van der Waals surface area contributed by atoms with Crippen LogP contribution in [0.1, 0.15) is 21.7 Å². The van der Waals surface area contributed by atoms with Gasteiger partial charge in [-0.15, -0.1) is 0 Å². The number of anilines is 1. The second-order valence-electron chi connectivity index (χ2n) is 7.63. The number of hydrogen-bond acceptors (Lipinski definition) is 7. The first-order valence-corrected chi connectivity index (χ1v) is 10.3. The number of nitrogens with zero attached hydrogens (tertiary/aromatic N) is 4. The van der Waals surface area contributed by atoms with Gasteiger partial charge in [-0.25, -0.2) is 0 Å². The third-order valence-corrected chi connectivity index (χ3v) is 5.79. The summed E-state index contributed by atoms with van der Waals surface area (Å²) in [6.07, 6.45) is 4.63. The number of amides is 1. The summed E-state index contributed by atoms with van der Waals surface area (Å²) >= 11 is 0. The molecule has 0 bridgehead atoms. The molecule has 0 aliphatic carbocycles. The Morgan fingerprint density at radius 1 is 1.03 bits per heavy atom. The fourth-order valence-corrected chi connectivity index (χ4v) is 4.23. The van der Waals surface area contributed by atoms with Crippen molar-refractivity contribution in [3.8, 4) is 6.07 Å². The van der Waals surface area contributed by atoms with Gasteiger partial charge in [0.1, 0.15) is 11.6 Å². The van der Waals surface area contributed by atoms with Crippen molar-refractivity contribution in [2.24, 2.45) is 0 Å². The van der Waals surface area contributed by atoms with Crippen molar-refractivity contribution in [1.82, 2.24) is 15.6 Å². The molecule has 0 radical (unpaired) electrons. The molecule has 3 aromatic heterocycles.